The van der Waals surface area contributed by atoms with Crippen molar-refractivity contribution in [2.45, 2.75) is 69.7 Å². The summed E-state index contributed by atoms with van der Waals surface area (Å²) in [6, 6.07) is 7.70. The Bertz CT molecular complexity index is 893. The molecule has 1 aromatic carbocycles. The second kappa shape index (κ2) is 8.48. The second-order valence-electron chi connectivity index (χ2n) is 9.50. The summed E-state index contributed by atoms with van der Waals surface area (Å²) in [6.07, 6.45) is 2.88. The number of benzene rings is 1. The van der Waals surface area contributed by atoms with Crippen LogP contribution in [0.5, 0.6) is 0 Å². The molecule has 0 aromatic heterocycles. The predicted molar refractivity (Wildman–Crippen MR) is 119 cm³/mol. The van der Waals surface area contributed by atoms with Crippen molar-refractivity contribution in [3.8, 4) is 0 Å². The van der Waals surface area contributed by atoms with Crippen LogP contribution < -0.4 is 10.6 Å². The van der Waals surface area contributed by atoms with Gasteiger partial charge in [-0.25, -0.2) is 0 Å². The number of aliphatic hydroxyl groups excluding tert-OH is 1. The fourth-order valence-corrected chi connectivity index (χ4v) is 5.85. The van der Waals surface area contributed by atoms with Crippen molar-refractivity contribution in [3.63, 3.8) is 0 Å². The lowest BCUT2D eigenvalue weighted by Gasteiger charge is -2.35. The number of hydrogen-bond donors (Lipinski definition) is 3. The summed E-state index contributed by atoms with van der Waals surface area (Å²) in [6.45, 7) is 5.87. The predicted octanol–water partition coefficient (Wildman–Crippen LogP) is 1.69. The summed E-state index contributed by atoms with van der Waals surface area (Å²) in [5.41, 5.74) is -1.24. The van der Waals surface area contributed by atoms with E-state index in [0.717, 1.165) is 12.8 Å². The molecule has 1 spiro atoms. The average molecular weight is 444 g/mol. The number of para-hydroxylation sites is 1. The number of aliphatic hydroxyl groups is 1. The van der Waals surface area contributed by atoms with Gasteiger partial charge < -0.3 is 25.4 Å². The van der Waals surface area contributed by atoms with Gasteiger partial charge in [0.1, 0.15) is 11.6 Å². The van der Waals surface area contributed by atoms with Crippen LogP contribution in [0.2, 0.25) is 0 Å². The maximum atomic E-state index is 13.7. The Morgan fingerprint density at radius 2 is 1.97 bits per heavy atom. The van der Waals surface area contributed by atoms with Crippen LogP contribution in [0.4, 0.5) is 5.69 Å². The van der Waals surface area contributed by atoms with E-state index in [-0.39, 0.29) is 24.3 Å². The van der Waals surface area contributed by atoms with Crippen molar-refractivity contribution in [1.29, 1.82) is 0 Å². The normalized spacial score (nSPS) is 33.8. The maximum Gasteiger partial charge on any atom is 0.245 e. The fourth-order valence-electron chi connectivity index (χ4n) is 5.85. The van der Waals surface area contributed by atoms with E-state index in [0.29, 0.717) is 25.1 Å². The van der Waals surface area contributed by atoms with Gasteiger partial charge >= 0.3 is 0 Å². The van der Waals surface area contributed by atoms with Crippen LogP contribution in [0.1, 0.15) is 46.5 Å². The highest BCUT2D eigenvalue weighted by Gasteiger charge is 2.78. The molecule has 3 N–H and O–H groups in total. The zero-order valence-electron chi connectivity index (χ0n) is 19.0. The number of amides is 3. The summed E-state index contributed by atoms with van der Waals surface area (Å²) >= 11 is 0. The largest absolute Gasteiger partial charge is 0.394 e. The summed E-state index contributed by atoms with van der Waals surface area (Å²) in [7, 11) is 0. The van der Waals surface area contributed by atoms with E-state index in [1.54, 1.807) is 19.1 Å². The lowest BCUT2D eigenvalue weighted by atomic mass is 9.66. The van der Waals surface area contributed by atoms with E-state index in [2.05, 4.69) is 10.6 Å². The molecule has 0 aliphatic carbocycles. The number of likely N-dealkylation sites (tertiary alicyclic amines) is 1. The third kappa shape index (κ3) is 3.40. The van der Waals surface area contributed by atoms with Gasteiger partial charge in [0, 0.05) is 12.2 Å². The van der Waals surface area contributed by atoms with Gasteiger partial charge in [-0.3, -0.25) is 14.4 Å². The van der Waals surface area contributed by atoms with Crippen LogP contribution in [-0.4, -0.2) is 64.2 Å². The molecule has 32 heavy (non-hydrogen) atoms. The number of nitrogens with one attached hydrogen (secondary N) is 2. The van der Waals surface area contributed by atoms with Gasteiger partial charge in [-0.1, -0.05) is 31.5 Å². The molecule has 3 heterocycles. The lowest BCUT2D eigenvalue weighted by molar-refractivity contribution is -0.148. The van der Waals surface area contributed by atoms with E-state index in [1.165, 1.54) is 4.90 Å². The number of carbonyl (C=O) groups excluding carboxylic acids is 3. The first-order valence-electron chi connectivity index (χ1n) is 11.6. The van der Waals surface area contributed by atoms with Gasteiger partial charge in [0.15, 0.2) is 0 Å². The summed E-state index contributed by atoms with van der Waals surface area (Å²) < 4.78 is 6.51. The molecule has 4 rings (SSSR count). The van der Waals surface area contributed by atoms with Crippen LogP contribution in [0.3, 0.4) is 0 Å². The number of hydrogen-bond acceptors (Lipinski definition) is 5. The molecule has 2 unspecified atom stereocenters. The molecule has 3 amide bonds. The standard InChI is InChI=1S/C24H33N3O5/c1-4-5-13-25-21(30)19-24-12-11-23(3,32-24)17(18(24)22(31)27(19)15(2)14-28)20(29)26-16-9-7-6-8-10-16/h6-10,15,17-19,28H,4-5,11-14H2,1-3H3,(H,25,30)(H,26,29)/t15-,17-,18+,19?,23+,24?/m1/s1. The Morgan fingerprint density at radius 1 is 1.25 bits per heavy atom. The number of anilines is 1. The maximum absolute atomic E-state index is 13.7. The molecule has 1 aromatic rings. The average Bonchev–Trinajstić information content (AvgIpc) is 3.34. The Balaban J connectivity index is 1.69. The van der Waals surface area contributed by atoms with Crippen LogP contribution in [-0.2, 0) is 19.1 Å². The molecule has 3 aliphatic rings. The molecule has 8 nitrogen and oxygen atoms in total. The molecular formula is C24H33N3O5. The van der Waals surface area contributed by atoms with Gasteiger partial charge in [0.25, 0.3) is 0 Å². The molecular weight excluding hydrogens is 410 g/mol. The Hall–Kier alpha value is -2.45. The highest BCUT2D eigenvalue weighted by Crippen LogP contribution is 2.63. The number of unbranched alkanes of at least 4 members (excludes halogenated alkanes) is 1. The SMILES string of the molecule is CCCCNC(=O)C1N([C@H](C)CO)C(=O)[C@@H]2[C@H](C(=O)Nc3ccccc3)[C@]3(C)CCC12O3. The van der Waals surface area contributed by atoms with Gasteiger partial charge in [-0.15, -0.1) is 0 Å². The van der Waals surface area contributed by atoms with Crippen molar-refractivity contribution in [1.82, 2.24) is 10.2 Å². The van der Waals surface area contributed by atoms with Crippen molar-refractivity contribution in [2.75, 3.05) is 18.5 Å². The Kier molecular flexibility index (Phi) is 6.02. The molecule has 8 heteroatoms. The number of ether oxygens (including phenoxy) is 1. The van der Waals surface area contributed by atoms with Crippen LogP contribution >= 0.6 is 0 Å². The fraction of sp³-hybridized carbons (Fsp3) is 0.625. The van der Waals surface area contributed by atoms with Gasteiger partial charge in [0.05, 0.1) is 30.1 Å². The monoisotopic (exact) mass is 443 g/mol. The van der Waals surface area contributed by atoms with Gasteiger partial charge in [-0.2, -0.15) is 0 Å². The van der Waals surface area contributed by atoms with E-state index in [4.69, 9.17) is 4.74 Å². The third-order valence-electron chi connectivity index (χ3n) is 7.36. The Labute approximate surface area is 188 Å². The second-order valence-corrected chi connectivity index (χ2v) is 9.50. The van der Waals surface area contributed by atoms with Crippen molar-refractivity contribution < 1.29 is 24.2 Å². The third-order valence-corrected chi connectivity index (χ3v) is 7.36. The highest BCUT2D eigenvalue weighted by atomic mass is 16.5. The topological polar surface area (TPSA) is 108 Å². The van der Waals surface area contributed by atoms with E-state index >= 15 is 0 Å². The Morgan fingerprint density at radius 3 is 2.62 bits per heavy atom. The van der Waals surface area contributed by atoms with Crippen molar-refractivity contribution >= 4 is 23.4 Å². The molecule has 3 fully saturated rings. The zero-order chi connectivity index (χ0) is 23.1. The molecule has 0 saturated carbocycles. The quantitative estimate of drug-likeness (QED) is 0.530. The molecule has 0 radical (unpaired) electrons. The van der Waals surface area contributed by atoms with Crippen molar-refractivity contribution in [3.05, 3.63) is 30.3 Å². The highest BCUT2D eigenvalue weighted by molar-refractivity contribution is 6.02. The molecule has 6 atom stereocenters. The molecule has 2 bridgehead atoms. The first kappa shape index (κ1) is 22.7. The summed E-state index contributed by atoms with van der Waals surface area (Å²) in [4.78, 5) is 41.9. The number of carbonyl (C=O) groups is 3. The lowest BCUT2D eigenvalue weighted by Crippen LogP contribution is -2.57. The summed E-state index contributed by atoms with van der Waals surface area (Å²) in [5.74, 6) is -2.32. The van der Waals surface area contributed by atoms with E-state index in [9.17, 15) is 19.5 Å². The molecule has 174 valence electrons. The first-order valence-corrected chi connectivity index (χ1v) is 11.6. The first-order chi connectivity index (χ1) is 15.3. The van der Waals surface area contributed by atoms with Gasteiger partial charge in [0.2, 0.25) is 17.7 Å². The van der Waals surface area contributed by atoms with Gasteiger partial charge in [-0.05, 0) is 45.2 Å². The van der Waals surface area contributed by atoms with Crippen LogP contribution in [0.15, 0.2) is 30.3 Å². The van der Waals surface area contributed by atoms with Crippen LogP contribution in [0, 0.1) is 11.8 Å². The van der Waals surface area contributed by atoms with E-state index in [1.807, 2.05) is 32.0 Å². The number of rotatable bonds is 8. The molecule has 3 aliphatic heterocycles. The summed E-state index contributed by atoms with van der Waals surface area (Å²) in [5, 5.41) is 15.7. The smallest absolute Gasteiger partial charge is 0.245 e. The minimum atomic E-state index is -1.07. The van der Waals surface area contributed by atoms with Crippen molar-refractivity contribution in [2.24, 2.45) is 11.8 Å². The zero-order valence-corrected chi connectivity index (χ0v) is 19.0. The number of fused-ring (bicyclic) bond motifs is 1. The minimum Gasteiger partial charge on any atom is -0.394 e. The number of nitrogens with zero attached hydrogens (tertiary/aromatic N) is 1. The van der Waals surface area contributed by atoms with E-state index < -0.39 is 35.1 Å². The molecule has 3 saturated heterocycles. The van der Waals surface area contributed by atoms with Crippen LogP contribution in [0.25, 0.3) is 0 Å². The minimum absolute atomic E-state index is 0.272.